The molecule has 0 amide bonds. The molecule has 0 aromatic rings. The number of hydrogen-bond acceptors (Lipinski definition) is 1. The highest BCUT2D eigenvalue weighted by Crippen LogP contribution is 2.20. The second kappa shape index (κ2) is 7.02. The van der Waals surface area contributed by atoms with Gasteiger partial charge in [0.05, 0.1) is 6.61 Å². The number of allylic oxidation sites excluding steroid dienone is 3. The third kappa shape index (κ3) is 9.95. The molecule has 15 heavy (non-hydrogen) atoms. The Labute approximate surface area is 95.9 Å². The van der Waals surface area contributed by atoms with Gasteiger partial charge in [0.1, 0.15) is 0 Å². The van der Waals surface area contributed by atoms with Crippen molar-refractivity contribution in [2.45, 2.75) is 52.4 Å². The van der Waals surface area contributed by atoms with Crippen molar-refractivity contribution in [3.05, 3.63) is 23.3 Å². The van der Waals surface area contributed by atoms with Crippen LogP contribution in [0, 0.1) is 0 Å². The summed E-state index contributed by atoms with van der Waals surface area (Å²) in [4.78, 5) is 0. The van der Waals surface area contributed by atoms with Crippen molar-refractivity contribution < 1.29 is 5.11 Å². The molecule has 0 aromatic heterocycles. The van der Waals surface area contributed by atoms with Crippen molar-refractivity contribution in [1.82, 2.24) is 0 Å². The maximum atomic E-state index is 8.97. The third-order valence-corrected chi connectivity index (χ3v) is 3.67. The average molecular weight is 226 g/mol. The van der Waals surface area contributed by atoms with Crippen molar-refractivity contribution >= 4 is 8.07 Å². The molecule has 0 rings (SSSR count). The highest BCUT2D eigenvalue weighted by molar-refractivity contribution is 6.76. The van der Waals surface area contributed by atoms with Gasteiger partial charge in [0.15, 0.2) is 0 Å². The van der Waals surface area contributed by atoms with Crippen molar-refractivity contribution in [3.8, 4) is 0 Å². The number of hydrogen-bond donors (Lipinski definition) is 1. The van der Waals surface area contributed by atoms with Crippen molar-refractivity contribution in [3.63, 3.8) is 0 Å². The predicted molar refractivity (Wildman–Crippen MR) is 72.0 cm³/mol. The molecule has 0 heterocycles. The van der Waals surface area contributed by atoms with Crippen LogP contribution in [0.4, 0.5) is 0 Å². The number of aliphatic hydroxyl groups excluding tert-OH is 1. The molecule has 0 saturated heterocycles. The van der Waals surface area contributed by atoms with Crippen LogP contribution in [-0.4, -0.2) is 19.8 Å². The predicted octanol–water partition coefficient (Wildman–Crippen LogP) is 3.99. The molecule has 0 bridgehead atoms. The van der Waals surface area contributed by atoms with E-state index in [2.05, 4.69) is 39.6 Å². The minimum atomic E-state index is -1.03. The van der Waals surface area contributed by atoms with Gasteiger partial charge >= 0.3 is 0 Å². The topological polar surface area (TPSA) is 20.2 Å². The van der Waals surface area contributed by atoms with Crippen LogP contribution >= 0.6 is 0 Å². The summed E-state index contributed by atoms with van der Waals surface area (Å²) >= 11 is 0. The van der Waals surface area contributed by atoms with Crippen LogP contribution in [0.15, 0.2) is 23.3 Å². The Hall–Kier alpha value is -0.343. The van der Waals surface area contributed by atoms with Gasteiger partial charge in [0.2, 0.25) is 0 Å². The first-order valence-electron chi connectivity index (χ1n) is 5.77. The third-order valence-electron chi connectivity index (χ3n) is 2.16. The van der Waals surface area contributed by atoms with Crippen molar-refractivity contribution in [1.29, 1.82) is 0 Å². The smallest absolute Gasteiger partial charge is 0.0614 e. The second-order valence-electron chi connectivity index (χ2n) is 5.60. The van der Waals surface area contributed by atoms with Gasteiger partial charge in [-0.05, 0) is 32.7 Å². The zero-order valence-electron chi connectivity index (χ0n) is 10.9. The summed E-state index contributed by atoms with van der Waals surface area (Å²) in [6.45, 7) is 11.6. The zero-order valence-corrected chi connectivity index (χ0v) is 11.9. The van der Waals surface area contributed by atoms with E-state index in [4.69, 9.17) is 5.11 Å². The maximum Gasteiger partial charge on any atom is 0.0614 e. The molecule has 88 valence electrons. The minimum absolute atomic E-state index is 0.189. The van der Waals surface area contributed by atoms with E-state index < -0.39 is 8.07 Å². The molecular weight excluding hydrogens is 200 g/mol. The fourth-order valence-corrected chi connectivity index (χ4v) is 3.30. The molecule has 0 atom stereocenters. The quantitative estimate of drug-likeness (QED) is 0.536. The first kappa shape index (κ1) is 14.7. The largest absolute Gasteiger partial charge is 0.392 e. The van der Waals surface area contributed by atoms with Gasteiger partial charge in [-0.15, -0.1) is 0 Å². The summed E-state index contributed by atoms with van der Waals surface area (Å²) in [6, 6.07) is 1.21. The molecule has 1 nitrogen and oxygen atoms in total. The van der Waals surface area contributed by atoms with Gasteiger partial charge in [-0.25, -0.2) is 0 Å². The monoisotopic (exact) mass is 226 g/mol. The standard InChI is InChI=1S/C13H26OSi/c1-12(2)7-6-8-13(9-10-14)11-15(3,4)5/h7,9,14H,6,8,10-11H2,1-5H3/b13-9-. The molecule has 0 unspecified atom stereocenters. The van der Waals surface area contributed by atoms with E-state index in [1.54, 1.807) is 0 Å². The van der Waals surface area contributed by atoms with Crippen LogP contribution in [0.2, 0.25) is 25.7 Å². The summed E-state index contributed by atoms with van der Waals surface area (Å²) in [7, 11) is -1.03. The summed E-state index contributed by atoms with van der Waals surface area (Å²) in [5.41, 5.74) is 2.82. The lowest BCUT2D eigenvalue weighted by atomic mass is 10.1. The Balaban J connectivity index is 4.19. The summed E-state index contributed by atoms with van der Waals surface area (Å²) in [5, 5.41) is 8.97. The Morgan fingerprint density at radius 3 is 2.13 bits per heavy atom. The molecule has 0 fully saturated rings. The van der Waals surface area contributed by atoms with Gasteiger partial charge in [-0.3, -0.25) is 0 Å². The van der Waals surface area contributed by atoms with Crippen LogP contribution < -0.4 is 0 Å². The van der Waals surface area contributed by atoms with Crippen LogP contribution in [-0.2, 0) is 0 Å². The molecule has 0 aliphatic carbocycles. The molecular formula is C13H26OSi. The van der Waals surface area contributed by atoms with E-state index in [9.17, 15) is 0 Å². The molecule has 0 radical (unpaired) electrons. The van der Waals surface area contributed by atoms with Gasteiger partial charge in [-0.2, -0.15) is 0 Å². The molecule has 0 aromatic carbocycles. The normalized spacial score (nSPS) is 12.8. The van der Waals surface area contributed by atoms with E-state index in [0.29, 0.717) is 0 Å². The summed E-state index contributed by atoms with van der Waals surface area (Å²) < 4.78 is 0. The van der Waals surface area contributed by atoms with Crippen LogP contribution in [0.3, 0.4) is 0 Å². The lowest BCUT2D eigenvalue weighted by Gasteiger charge is -2.18. The Bertz CT molecular complexity index is 229. The van der Waals surface area contributed by atoms with Crippen LogP contribution in [0.1, 0.15) is 26.7 Å². The minimum Gasteiger partial charge on any atom is -0.392 e. The van der Waals surface area contributed by atoms with Gasteiger partial charge in [-0.1, -0.05) is 42.9 Å². The van der Waals surface area contributed by atoms with Crippen molar-refractivity contribution in [2.75, 3.05) is 6.61 Å². The van der Waals surface area contributed by atoms with Gasteiger partial charge < -0.3 is 5.11 Å². The van der Waals surface area contributed by atoms with Crippen molar-refractivity contribution in [2.24, 2.45) is 0 Å². The first-order valence-corrected chi connectivity index (χ1v) is 9.48. The summed E-state index contributed by atoms with van der Waals surface area (Å²) in [6.07, 6.45) is 6.49. The van der Waals surface area contributed by atoms with E-state index in [-0.39, 0.29) is 6.61 Å². The zero-order chi connectivity index (χ0) is 11.9. The first-order chi connectivity index (χ1) is 6.85. The average Bonchev–Trinajstić information content (AvgIpc) is 2.00. The maximum absolute atomic E-state index is 8.97. The Morgan fingerprint density at radius 2 is 1.73 bits per heavy atom. The van der Waals surface area contributed by atoms with Crippen LogP contribution in [0.5, 0.6) is 0 Å². The second-order valence-corrected chi connectivity index (χ2v) is 11.1. The molecule has 0 aliphatic heterocycles. The number of aliphatic hydroxyl groups is 1. The lowest BCUT2D eigenvalue weighted by molar-refractivity contribution is 0.341. The van der Waals surface area contributed by atoms with E-state index in [1.807, 2.05) is 6.08 Å². The molecule has 1 N–H and O–H groups in total. The lowest BCUT2D eigenvalue weighted by Crippen LogP contribution is -2.20. The van der Waals surface area contributed by atoms with E-state index in [1.165, 1.54) is 17.2 Å². The SMILES string of the molecule is CC(C)=CCC/C(=C/CO)C[Si](C)(C)C. The summed E-state index contributed by atoms with van der Waals surface area (Å²) in [5.74, 6) is 0. The Morgan fingerprint density at radius 1 is 1.13 bits per heavy atom. The fourth-order valence-electron chi connectivity index (χ4n) is 1.62. The van der Waals surface area contributed by atoms with E-state index >= 15 is 0 Å². The Kier molecular flexibility index (Phi) is 6.86. The van der Waals surface area contributed by atoms with Gasteiger partial charge in [0.25, 0.3) is 0 Å². The molecule has 0 saturated carbocycles. The number of rotatable bonds is 6. The highest BCUT2D eigenvalue weighted by Gasteiger charge is 2.14. The molecule has 2 heteroatoms. The van der Waals surface area contributed by atoms with Crippen LogP contribution in [0.25, 0.3) is 0 Å². The molecule has 0 spiro atoms. The fraction of sp³-hybridized carbons (Fsp3) is 0.692. The molecule has 0 aliphatic rings. The van der Waals surface area contributed by atoms with E-state index in [0.717, 1.165) is 12.8 Å². The van der Waals surface area contributed by atoms with Gasteiger partial charge in [0, 0.05) is 8.07 Å². The highest BCUT2D eigenvalue weighted by atomic mass is 28.3.